The second-order valence-electron chi connectivity index (χ2n) is 14.1. The maximum absolute atomic E-state index is 12.7. The first-order valence-corrected chi connectivity index (χ1v) is 21.0. The Balaban J connectivity index is 2.41. The normalized spacial score (nSPS) is 21.3. The molecule has 0 aromatic rings. The highest BCUT2D eigenvalue weighted by molar-refractivity contribution is 5.70. The van der Waals surface area contributed by atoms with Crippen LogP contribution in [0, 0.1) is 0 Å². The molecule has 0 radical (unpaired) electrons. The standard InChI is InChI=1S/C45H74O10/c1-3-5-7-9-11-13-15-17-19-21-23-25-27-29-31-33-40(47)52-36-38(37-53-45-44(51)43(50)42(49)39(35-46)55-45)54-41(48)34-32-30-28-26-24-22-20-18-16-14-12-10-8-6-4-2/h5,7,11-14,17-20,23,25,38-39,42-46,49-51H,3-4,6,8-10,15-16,21-22,24,26-37H2,1-2H3/b7-5+,13-11+,14-12+,19-17+,20-18+,25-23+/t38-,39-,42+,43?,44?,45-/m0/s1. The van der Waals surface area contributed by atoms with Crippen LogP contribution in [0.4, 0.5) is 0 Å². The third kappa shape index (κ3) is 27.4. The van der Waals surface area contributed by atoms with Crippen LogP contribution in [0.3, 0.4) is 0 Å². The maximum Gasteiger partial charge on any atom is 0.306 e. The zero-order valence-corrected chi connectivity index (χ0v) is 33.9. The number of hydrogen-bond acceptors (Lipinski definition) is 10. The van der Waals surface area contributed by atoms with Crippen molar-refractivity contribution >= 4 is 11.9 Å². The average molecular weight is 775 g/mol. The monoisotopic (exact) mass is 775 g/mol. The minimum absolute atomic E-state index is 0.201. The fraction of sp³-hybridized carbons (Fsp3) is 0.689. The van der Waals surface area contributed by atoms with Gasteiger partial charge in [0.1, 0.15) is 31.0 Å². The molecule has 0 saturated carbocycles. The lowest BCUT2D eigenvalue weighted by Gasteiger charge is -2.39. The Kier molecular flexibility index (Phi) is 32.4. The number of aliphatic hydroxyl groups excluding tert-OH is 4. The molecule has 0 amide bonds. The Labute approximate surface area is 332 Å². The summed E-state index contributed by atoms with van der Waals surface area (Å²) in [6.45, 7) is 3.20. The van der Waals surface area contributed by atoms with E-state index in [0.29, 0.717) is 12.8 Å². The Hall–Kier alpha value is -2.86. The van der Waals surface area contributed by atoms with Gasteiger partial charge in [-0.15, -0.1) is 0 Å². The van der Waals surface area contributed by atoms with Gasteiger partial charge in [-0.3, -0.25) is 9.59 Å². The van der Waals surface area contributed by atoms with Crippen LogP contribution in [0.1, 0.15) is 142 Å². The van der Waals surface area contributed by atoms with Crippen LogP contribution in [0.5, 0.6) is 0 Å². The summed E-state index contributed by atoms with van der Waals surface area (Å²) < 4.78 is 22.1. The Morgan fingerprint density at radius 2 is 1.07 bits per heavy atom. The van der Waals surface area contributed by atoms with Crippen molar-refractivity contribution in [2.45, 2.75) is 179 Å². The van der Waals surface area contributed by atoms with E-state index in [1.165, 1.54) is 19.3 Å². The van der Waals surface area contributed by atoms with E-state index < -0.39 is 55.4 Å². The van der Waals surface area contributed by atoms with Gasteiger partial charge in [-0.25, -0.2) is 0 Å². The molecular weight excluding hydrogens is 700 g/mol. The fourth-order valence-corrected chi connectivity index (χ4v) is 5.74. The molecule has 1 aliphatic rings. The van der Waals surface area contributed by atoms with Gasteiger partial charge in [0.25, 0.3) is 0 Å². The molecule has 2 unspecified atom stereocenters. The molecule has 1 rings (SSSR count). The molecule has 10 nitrogen and oxygen atoms in total. The van der Waals surface area contributed by atoms with Gasteiger partial charge in [0.05, 0.1) is 13.2 Å². The number of aliphatic hydroxyl groups is 4. The quantitative estimate of drug-likeness (QED) is 0.0291. The molecule has 0 bridgehead atoms. The van der Waals surface area contributed by atoms with Crippen molar-refractivity contribution in [3.63, 3.8) is 0 Å². The van der Waals surface area contributed by atoms with Gasteiger partial charge >= 0.3 is 11.9 Å². The van der Waals surface area contributed by atoms with E-state index in [1.807, 2.05) is 0 Å². The first-order valence-electron chi connectivity index (χ1n) is 21.0. The molecule has 0 aromatic heterocycles. The molecular formula is C45H74O10. The highest BCUT2D eigenvalue weighted by Gasteiger charge is 2.44. The maximum atomic E-state index is 12.7. The van der Waals surface area contributed by atoms with Crippen LogP contribution in [0.15, 0.2) is 72.9 Å². The second-order valence-corrected chi connectivity index (χ2v) is 14.1. The minimum atomic E-state index is -1.61. The molecule has 0 aliphatic carbocycles. The zero-order valence-electron chi connectivity index (χ0n) is 33.9. The molecule has 0 spiro atoms. The van der Waals surface area contributed by atoms with Crippen molar-refractivity contribution in [3.05, 3.63) is 72.9 Å². The SMILES string of the molecule is CC/C=C/C/C=C/C/C=C/C/C=C/CCCCC(=O)OC[C@@H](CO[C@H]1O[C@@H](CO)[C@@H](O)C(O)C1O)OC(=O)CCCCCCC/C=C/C/C=C/CCCCC. The fourth-order valence-electron chi connectivity index (χ4n) is 5.74. The summed E-state index contributed by atoms with van der Waals surface area (Å²) in [5.74, 6) is -0.880. The van der Waals surface area contributed by atoms with Gasteiger partial charge in [-0.2, -0.15) is 0 Å². The van der Waals surface area contributed by atoms with E-state index in [2.05, 4.69) is 86.8 Å². The Bertz CT molecular complexity index is 1120. The first-order chi connectivity index (χ1) is 26.8. The lowest BCUT2D eigenvalue weighted by Crippen LogP contribution is -2.59. The molecule has 314 valence electrons. The third-order valence-corrected chi connectivity index (χ3v) is 9.08. The largest absolute Gasteiger partial charge is 0.462 e. The van der Waals surface area contributed by atoms with Crippen LogP contribution >= 0.6 is 0 Å². The second kappa shape index (κ2) is 35.5. The number of carbonyl (C=O) groups is 2. The number of unbranched alkanes of at least 4 members (excludes halogenated alkanes) is 10. The molecule has 0 aromatic carbocycles. The van der Waals surface area contributed by atoms with Crippen LogP contribution in [0.2, 0.25) is 0 Å². The van der Waals surface area contributed by atoms with Crippen molar-refractivity contribution in [2.75, 3.05) is 19.8 Å². The van der Waals surface area contributed by atoms with Crippen LogP contribution in [-0.4, -0.2) is 89.0 Å². The van der Waals surface area contributed by atoms with Gasteiger partial charge in [0.15, 0.2) is 12.4 Å². The van der Waals surface area contributed by atoms with E-state index in [1.54, 1.807) is 0 Å². The van der Waals surface area contributed by atoms with Gasteiger partial charge in [0.2, 0.25) is 0 Å². The summed E-state index contributed by atoms with van der Waals surface area (Å²) in [6.07, 6.45) is 36.2. The van der Waals surface area contributed by atoms with Gasteiger partial charge in [0, 0.05) is 12.8 Å². The molecule has 1 fully saturated rings. The summed E-state index contributed by atoms with van der Waals surface area (Å²) in [5, 5.41) is 40.0. The molecule has 1 saturated heterocycles. The van der Waals surface area contributed by atoms with Gasteiger partial charge in [-0.1, -0.05) is 119 Å². The van der Waals surface area contributed by atoms with E-state index in [0.717, 1.165) is 83.5 Å². The number of esters is 2. The van der Waals surface area contributed by atoms with Crippen LogP contribution in [0.25, 0.3) is 0 Å². The van der Waals surface area contributed by atoms with Crippen molar-refractivity contribution in [1.82, 2.24) is 0 Å². The lowest BCUT2D eigenvalue weighted by atomic mass is 9.99. The van der Waals surface area contributed by atoms with Gasteiger partial charge < -0.3 is 39.4 Å². The number of allylic oxidation sites excluding steroid dienone is 12. The molecule has 6 atom stereocenters. The molecule has 55 heavy (non-hydrogen) atoms. The third-order valence-electron chi connectivity index (χ3n) is 9.08. The molecule has 1 aliphatic heterocycles. The minimum Gasteiger partial charge on any atom is -0.462 e. The summed E-state index contributed by atoms with van der Waals surface area (Å²) >= 11 is 0. The van der Waals surface area contributed by atoms with Gasteiger partial charge in [-0.05, 0) is 83.5 Å². The van der Waals surface area contributed by atoms with Crippen molar-refractivity contribution in [3.8, 4) is 0 Å². The topological polar surface area (TPSA) is 152 Å². The zero-order chi connectivity index (χ0) is 40.2. The predicted octanol–water partition coefficient (Wildman–Crippen LogP) is 8.44. The molecule has 1 heterocycles. The summed E-state index contributed by atoms with van der Waals surface area (Å²) in [5.41, 5.74) is 0. The van der Waals surface area contributed by atoms with Crippen molar-refractivity contribution < 1.29 is 49.0 Å². The van der Waals surface area contributed by atoms with E-state index >= 15 is 0 Å². The number of carbonyl (C=O) groups excluding carboxylic acids is 2. The van der Waals surface area contributed by atoms with E-state index in [-0.39, 0.29) is 26.1 Å². The highest BCUT2D eigenvalue weighted by Crippen LogP contribution is 2.22. The molecule has 10 heteroatoms. The summed E-state index contributed by atoms with van der Waals surface area (Å²) in [4.78, 5) is 25.2. The van der Waals surface area contributed by atoms with Crippen LogP contribution in [-0.2, 0) is 28.5 Å². The highest BCUT2D eigenvalue weighted by atomic mass is 16.7. The Morgan fingerprint density at radius 1 is 0.582 bits per heavy atom. The lowest BCUT2D eigenvalue weighted by molar-refractivity contribution is -0.305. The first kappa shape index (κ1) is 50.2. The Morgan fingerprint density at radius 3 is 1.65 bits per heavy atom. The summed E-state index contributed by atoms with van der Waals surface area (Å²) in [6, 6.07) is 0. The van der Waals surface area contributed by atoms with Crippen molar-refractivity contribution in [1.29, 1.82) is 0 Å². The molecule has 4 N–H and O–H groups in total. The van der Waals surface area contributed by atoms with E-state index in [9.17, 15) is 30.0 Å². The van der Waals surface area contributed by atoms with Crippen LogP contribution < -0.4 is 0 Å². The van der Waals surface area contributed by atoms with E-state index in [4.69, 9.17) is 18.9 Å². The smallest absolute Gasteiger partial charge is 0.306 e. The van der Waals surface area contributed by atoms with Crippen molar-refractivity contribution in [2.24, 2.45) is 0 Å². The average Bonchev–Trinajstić information content (AvgIpc) is 3.18. The number of ether oxygens (including phenoxy) is 4. The number of rotatable bonds is 33. The predicted molar refractivity (Wildman–Crippen MR) is 219 cm³/mol. The number of hydrogen-bond donors (Lipinski definition) is 4. The summed E-state index contributed by atoms with van der Waals surface area (Å²) in [7, 11) is 0.